The Morgan fingerprint density at radius 1 is 0.929 bits per heavy atom. The number of hydrogen-bond donors (Lipinski definition) is 0. The van der Waals surface area contributed by atoms with Crippen molar-refractivity contribution in [3.05, 3.63) is 36.9 Å². The first-order chi connectivity index (χ1) is 6.93. The molecule has 0 aromatic carbocycles. The van der Waals surface area contributed by atoms with Crippen molar-refractivity contribution >= 4 is 19.9 Å². The molecule has 0 fully saturated rings. The summed E-state index contributed by atoms with van der Waals surface area (Å²) < 4.78 is 5.69. The number of fused-ring (bicyclic) bond motifs is 2. The van der Waals surface area contributed by atoms with E-state index in [1.807, 2.05) is 24.5 Å². The summed E-state index contributed by atoms with van der Waals surface area (Å²) in [5.41, 5.74) is 0. The average molecular weight is 200 g/mol. The number of ether oxygens (including phenoxy) is 1. The standard InChI is InChI=1S/C10H8N2OSi/c1-3-11-5-7-9(1)14-10-2-4-12-6-8(10)13-7/h1-6H,14H2. The van der Waals surface area contributed by atoms with Gasteiger partial charge in [0.15, 0.2) is 0 Å². The molecule has 0 N–H and O–H groups in total. The van der Waals surface area contributed by atoms with Crippen LogP contribution >= 0.6 is 0 Å². The fourth-order valence-corrected chi connectivity index (χ4v) is 3.15. The number of nitrogens with zero attached hydrogens (tertiary/aromatic N) is 2. The highest BCUT2D eigenvalue weighted by molar-refractivity contribution is 6.69. The molecule has 68 valence electrons. The third-order valence-corrected chi connectivity index (χ3v) is 4.27. The first kappa shape index (κ1) is 7.70. The summed E-state index contributed by atoms with van der Waals surface area (Å²) in [6, 6.07) is 4.09. The smallest absolute Gasteiger partial charge is 0.144 e. The van der Waals surface area contributed by atoms with Gasteiger partial charge < -0.3 is 4.74 Å². The van der Waals surface area contributed by atoms with Crippen LogP contribution in [0.5, 0.6) is 11.5 Å². The van der Waals surface area contributed by atoms with Gasteiger partial charge in [0.25, 0.3) is 0 Å². The lowest BCUT2D eigenvalue weighted by Crippen LogP contribution is -2.33. The van der Waals surface area contributed by atoms with Crippen molar-refractivity contribution in [3.8, 4) is 11.5 Å². The van der Waals surface area contributed by atoms with Gasteiger partial charge in [0.2, 0.25) is 0 Å². The minimum absolute atomic E-state index is 0.400. The zero-order valence-electron chi connectivity index (χ0n) is 7.47. The molecule has 0 amide bonds. The van der Waals surface area contributed by atoms with Gasteiger partial charge in [0.05, 0.1) is 21.9 Å². The molecule has 3 rings (SSSR count). The highest BCUT2D eigenvalue weighted by Crippen LogP contribution is 2.18. The molecule has 0 radical (unpaired) electrons. The van der Waals surface area contributed by atoms with Gasteiger partial charge >= 0.3 is 0 Å². The Hall–Kier alpha value is -1.68. The van der Waals surface area contributed by atoms with Gasteiger partial charge in [-0.15, -0.1) is 0 Å². The van der Waals surface area contributed by atoms with E-state index < -0.39 is 9.52 Å². The van der Waals surface area contributed by atoms with Crippen LogP contribution in [0.2, 0.25) is 0 Å². The van der Waals surface area contributed by atoms with E-state index in [0.717, 1.165) is 11.5 Å². The molecule has 0 saturated carbocycles. The fourth-order valence-electron chi connectivity index (χ4n) is 1.62. The van der Waals surface area contributed by atoms with Crippen molar-refractivity contribution < 1.29 is 4.74 Å². The Balaban J connectivity index is 2.12. The van der Waals surface area contributed by atoms with Crippen LogP contribution in [-0.2, 0) is 0 Å². The minimum atomic E-state index is -0.400. The molecule has 2 aromatic heterocycles. The van der Waals surface area contributed by atoms with Gasteiger partial charge in [-0.3, -0.25) is 9.97 Å². The van der Waals surface area contributed by atoms with Crippen molar-refractivity contribution in [2.75, 3.05) is 0 Å². The number of hydrogen-bond acceptors (Lipinski definition) is 3. The van der Waals surface area contributed by atoms with Gasteiger partial charge in [0.1, 0.15) is 11.5 Å². The SMILES string of the molecule is c1cc2c(cn1)Oc1cnccc1[SiH2]2. The van der Waals surface area contributed by atoms with Gasteiger partial charge in [-0.1, -0.05) is 0 Å². The van der Waals surface area contributed by atoms with Gasteiger partial charge in [-0.25, -0.2) is 0 Å². The molecule has 14 heavy (non-hydrogen) atoms. The lowest BCUT2D eigenvalue weighted by molar-refractivity contribution is 0.483. The molecule has 0 bridgehead atoms. The van der Waals surface area contributed by atoms with Gasteiger partial charge in [0, 0.05) is 12.4 Å². The molecular formula is C10H8N2OSi. The van der Waals surface area contributed by atoms with E-state index in [1.165, 1.54) is 10.4 Å². The maximum atomic E-state index is 5.69. The molecule has 0 aliphatic carbocycles. The summed E-state index contributed by atoms with van der Waals surface area (Å²) >= 11 is 0. The van der Waals surface area contributed by atoms with Crippen LogP contribution in [0, 0.1) is 0 Å². The second-order valence-corrected chi connectivity index (χ2v) is 5.12. The molecule has 0 saturated heterocycles. The van der Waals surface area contributed by atoms with Crippen molar-refractivity contribution in [1.82, 2.24) is 9.97 Å². The minimum Gasteiger partial charge on any atom is -0.454 e. The van der Waals surface area contributed by atoms with E-state index in [1.54, 1.807) is 12.4 Å². The third kappa shape index (κ3) is 1.12. The molecular weight excluding hydrogens is 192 g/mol. The number of rotatable bonds is 0. The molecule has 4 heteroatoms. The Labute approximate surface area is 83.6 Å². The van der Waals surface area contributed by atoms with Crippen LogP contribution in [0.15, 0.2) is 36.9 Å². The molecule has 1 aliphatic rings. The maximum Gasteiger partial charge on any atom is 0.144 e. The molecule has 3 nitrogen and oxygen atoms in total. The molecule has 0 unspecified atom stereocenters. The average Bonchev–Trinajstić information content (AvgIpc) is 2.26. The van der Waals surface area contributed by atoms with E-state index in [4.69, 9.17) is 4.74 Å². The summed E-state index contributed by atoms with van der Waals surface area (Å²) in [5, 5.41) is 2.64. The van der Waals surface area contributed by atoms with Crippen LogP contribution in [0.4, 0.5) is 0 Å². The molecule has 0 atom stereocenters. The first-order valence-corrected chi connectivity index (χ1v) is 5.88. The normalized spacial score (nSPS) is 12.6. The quantitative estimate of drug-likeness (QED) is 0.467. The number of pyridine rings is 2. The molecule has 0 spiro atoms. The second kappa shape index (κ2) is 2.92. The zero-order chi connectivity index (χ0) is 9.38. The van der Waals surface area contributed by atoms with Gasteiger partial charge in [-0.2, -0.15) is 0 Å². The summed E-state index contributed by atoms with van der Waals surface area (Å²) in [4.78, 5) is 8.10. The Bertz CT molecular complexity index is 400. The predicted octanol–water partition coefficient (Wildman–Crippen LogP) is -0.298. The topological polar surface area (TPSA) is 35.0 Å². The third-order valence-electron chi connectivity index (χ3n) is 2.34. The van der Waals surface area contributed by atoms with Crippen LogP contribution in [0.3, 0.4) is 0 Å². The highest BCUT2D eigenvalue weighted by Gasteiger charge is 2.16. The monoisotopic (exact) mass is 200 g/mol. The molecule has 3 heterocycles. The molecule has 1 aliphatic heterocycles. The van der Waals surface area contributed by atoms with E-state index >= 15 is 0 Å². The fraction of sp³-hybridized carbons (Fsp3) is 0. The van der Waals surface area contributed by atoms with E-state index in [-0.39, 0.29) is 0 Å². The predicted molar refractivity (Wildman–Crippen MR) is 56.4 cm³/mol. The summed E-state index contributed by atoms with van der Waals surface area (Å²) in [5.74, 6) is 1.80. The van der Waals surface area contributed by atoms with Crippen molar-refractivity contribution in [2.45, 2.75) is 0 Å². The second-order valence-electron chi connectivity index (χ2n) is 3.25. The van der Waals surface area contributed by atoms with Crippen LogP contribution in [0.1, 0.15) is 0 Å². The summed E-state index contributed by atoms with van der Waals surface area (Å²) in [6.45, 7) is 0. The Morgan fingerprint density at radius 2 is 1.50 bits per heavy atom. The Morgan fingerprint density at radius 3 is 2.07 bits per heavy atom. The zero-order valence-corrected chi connectivity index (χ0v) is 8.89. The maximum absolute atomic E-state index is 5.69. The van der Waals surface area contributed by atoms with Crippen molar-refractivity contribution in [2.24, 2.45) is 0 Å². The van der Waals surface area contributed by atoms with E-state index in [2.05, 4.69) is 9.97 Å². The van der Waals surface area contributed by atoms with Crippen LogP contribution in [0.25, 0.3) is 0 Å². The van der Waals surface area contributed by atoms with Crippen LogP contribution in [-0.4, -0.2) is 19.5 Å². The molecule has 2 aromatic rings. The van der Waals surface area contributed by atoms with E-state index in [9.17, 15) is 0 Å². The summed E-state index contributed by atoms with van der Waals surface area (Å²) in [7, 11) is -0.400. The largest absolute Gasteiger partial charge is 0.454 e. The van der Waals surface area contributed by atoms with Crippen LogP contribution < -0.4 is 15.1 Å². The van der Waals surface area contributed by atoms with Gasteiger partial charge in [-0.05, 0) is 22.5 Å². The lowest BCUT2D eigenvalue weighted by Gasteiger charge is -2.18. The summed E-state index contributed by atoms with van der Waals surface area (Å²) in [6.07, 6.45) is 7.19. The van der Waals surface area contributed by atoms with E-state index in [0.29, 0.717) is 0 Å². The lowest BCUT2D eigenvalue weighted by atomic mass is 10.4. The van der Waals surface area contributed by atoms with Crippen molar-refractivity contribution in [1.29, 1.82) is 0 Å². The Kier molecular flexibility index (Phi) is 1.60. The first-order valence-electron chi connectivity index (χ1n) is 4.47. The highest BCUT2D eigenvalue weighted by atomic mass is 28.2. The number of aromatic nitrogens is 2. The van der Waals surface area contributed by atoms with Crippen molar-refractivity contribution in [3.63, 3.8) is 0 Å².